The first-order valence-corrected chi connectivity index (χ1v) is 7.94. The normalized spacial score (nSPS) is 11.7. The fraction of sp³-hybridized carbons (Fsp3) is 0.400. The van der Waals surface area contributed by atoms with Gasteiger partial charge in [0, 0.05) is 31.8 Å². The lowest BCUT2D eigenvalue weighted by atomic mass is 10.2. The van der Waals surface area contributed by atoms with Crippen molar-refractivity contribution in [2.45, 2.75) is 19.9 Å². The summed E-state index contributed by atoms with van der Waals surface area (Å²) in [4.78, 5) is 45.8. The summed E-state index contributed by atoms with van der Waals surface area (Å²) in [5.41, 5.74) is -0.193. The van der Waals surface area contributed by atoms with Gasteiger partial charge in [-0.25, -0.2) is 0 Å². The van der Waals surface area contributed by atoms with E-state index in [9.17, 15) is 24.5 Å². The number of carboxylic acids is 1. The van der Waals surface area contributed by atoms with Crippen LogP contribution in [0, 0.1) is 10.1 Å². The lowest BCUT2D eigenvalue weighted by Crippen LogP contribution is -2.46. The van der Waals surface area contributed by atoms with Gasteiger partial charge in [-0.2, -0.15) is 0 Å². The SMILES string of the molecule is CC(=O)NCCN(CC(=O)Nc1ccc(Cl)c([N+](=O)[O-])c1)C(C)C(=O)O. The standard InChI is InChI=1S/C15H19ClN4O6/c1-9(15(23)24)19(6-5-17-10(2)21)8-14(22)18-11-3-4-12(16)13(7-11)20(25)26/h3-4,7,9H,5-6,8H2,1-2H3,(H,17,21)(H,18,22)(H,23,24). The van der Waals surface area contributed by atoms with E-state index >= 15 is 0 Å². The highest BCUT2D eigenvalue weighted by Gasteiger charge is 2.23. The van der Waals surface area contributed by atoms with Crippen LogP contribution in [0.25, 0.3) is 0 Å². The Morgan fingerprint density at radius 3 is 2.58 bits per heavy atom. The molecule has 0 aromatic heterocycles. The number of carboxylic acid groups (broad SMARTS) is 1. The Kier molecular flexibility index (Phi) is 7.94. The number of nitrogens with zero attached hydrogens (tertiary/aromatic N) is 2. The number of carbonyl (C=O) groups is 3. The van der Waals surface area contributed by atoms with Gasteiger partial charge < -0.3 is 15.7 Å². The summed E-state index contributed by atoms with van der Waals surface area (Å²) in [7, 11) is 0. The number of benzene rings is 1. The molecule has 1 aromatic carbocycles. The zero-order chi connectivity index (χ0) is 19.9. The van der Waals surface area contributed by atoms with Crippen LogP contribution < -0.4 is 10.6 Å². The van der Waals surface area contributed by atoms with Crippen LogP contribution in [0.3, 0.4) is 0 Å². The number of carbonyl (C=O) groups excluding carboxylic acids is 2. The molecule has 0 radical (unpaired) electrons. The molecule has 0 saturated heterocycles. The predicted molar refractivity (Wildman–Crippen MR) is 94.1 cm³/mol. The average molecular weight is 387 g/mol. The third-order valence-electron chi connectivity index (χ3n) is 3.45. The number of aliphatic carboxylic acids is 1. The van der Waals surface area contributed by atoms with E-state index in [2.05, 4.69) is 10.6 Å². The molecular weight excluding hydrogens is 368 g/mol. The van der Waals surface area contributed by atoms with Crippen molar-refractivity contribution in [2.75, 3.05) is 25.0 Å². The van der Waals surface area contributed by atoms with Crippen LogP contribution in [-0.4, -0.2) is 58.4 Å². The second-order valence-electron chi connectivity index (χ2n) is 5.44. The molecule has 26 heavy (non-hydrogen) atoms. The van der Waals surface area contributed by atoms with Gasteiger partial charge in [-0.1, -0.05) is 11.6 Å². The van der Waals surface area contributed by atoms with Gasteiger partial charge in [-0.05, 0) is 19.1 Å². The number of amides is 2. The van der Waals surface area contributed by atoms with Crippen molar-refractivity contribution < 1.29 is 24.4 Å². The lowest BCUT2D eigenvalue weighted by molar-refractivity contribution is -0.384. The van der Waals surface area contributed by atoms with E-state index < -0.39 is 22.8 Å². The first kappa shape index (κ1) is 21.3. The summed E-state index contributed by atoms with van der Waals surface area (Å²) >= 11 is 5.71. The highest BCUT2D eigenvalue weighted by molar-refractivity contribution is 6.32. The highest BCUT2D eigenvalue weighted by Crippen LogP contribution is 2.27. The number of nitro benzene ring substituents is 1. The van der Waals surface area contributed by atoms with Crippen LogP contribution in [0.1, 0.15) is 13.8 Å². The molecule has 142 valence electrons. The summed E-state index contributed by atoms with van der Waals surface area (Å²) in [5.74, 6) is -1.95. The molecule has 0 fully saturated rings. The Balaban J connectivity index is 2.79. The van der Waals surface area contributed by atoms with Crippen LogP contribution in [0.4, 0.5) is 11.4 Å². The monoisotopic (exact) mass is 386 g/mol. The Morgan fingerprint density at radius 1 is 1.38 bits per heavy atom. The molecule has 0 spiro atoms. The Bertz CT molecular complexity index is 711. The lowest BCUT2D eigenvalue weighted by Gasteiger charge is -2.25. The molecule has 0 aliphatic rings. The van der Waals surface area contributed by atoms with Crippen molar-refractivity contribution in [1.82, 2.24) is 10.2 Å². The van der Waals surface area contributed by atoms with Crippen LogP contribution >= 0.6 is 11.6 Å². The summed E-state index contributed by atoms with van der Waals surface area (Å²) in [6.45, 7) is 2.78. The molecule has 0 bridgehead atoms. The van der Waals surface area contributed by atoms with Crippen LogP contribution in [0.2, 0.25) is 5.02 Å². The first-order valence-electron chi connectivity index (χ1n) is 7.57. The zero-order valence-corrected chi connectivity index (χ0v) is 14.9. The number of nitro groups is 1. The Labute approximate surface area is 154 Å². The van der Waals surface area contributed by atoms with Gasteiger partial charge in [-0.3, -0.25) is 29.4 Å². The first-order chi connectivity index (χ1) is 12.1. The average Bonchev–Trinajstić information content (AvgIpc) is 2.54. The molecule has 1 rings (SSSR count). The van der Waals surface area contributed by atoms with E-state index in [-0.39, 0.29) is 41.9 Å². The summed E-state index contributed by atoms with van der Waals surface area (Å²) in [6, 6.07) is 2.83. The number of anilines is 1. The number of rotatable bonds is 9. The number of hydrogen-bond acceptors (Lipinski definition) is 6. The Morgan fingerprint density at radius 2 is 2.04 bits per heavy atom. The second kappa shape index (κ2) is 9.68. The largest absolute Gasteiger partial charge is 0.480 e. The maximum atomic E-state index is 12.2. The topological polar surface area (TPSA) is 142 Å². The molecule has 1 unspecified atom stereocenters. The third-order valence-corrected chi connectivity index (χ3v) is 3.77. The number of hydrogen-bond donors (Lipinski definition) is 3. The fourth-order valence-electron chi connectivity index (χ4n) is 2.06. The second-order valence-corrected chi connectivity index (χ2v) is 5.85. The molecule has 3 N–H and O–H groups in total. The van der Waals surface area contributed by atoms with Crippen molar-refractivity contribution >= 4 is 40.8 Å². The van der Waals surface area contributed by atoms with Gasteiger partial charge in [0.15, 0.2) is 0 Å². The van der Waals surface area contributed by atoms with E-state index in [1.165, 1.54) is 30.9 Å². The van der Waals surface area contributed by atoms with E-state index in [1.54, 1.807) is 0 Å². The smallest absolute Gasteiger partial charge is 0.320 e. The van der Waals surface area contributed by atoms with Crippen molar-refractivity contribution in [3.05, 3.63) is 33.3 Å². The summed E-state index contributed by atoms with van der Waals surface area (Å²) in [5, 5.41) is 24.9. The molecule has 2 amide bonds. The minimum absolute atomic E-state index is 0.0653. The van der Waals surface area contributed by atoms with Gasteiger partial charge >= 0.3 is 5.97 Å². The molecule has 0 heterocycles. The molecule has 10 nitrogen and oxygen atoms in total. The van der Waals surface area contributed by atoms with E-state index in [1.807, 2.05) is 0 Å². The fourth-order valence-corrected chi connectivity index (χ4v) is 2.24. The van der Waals surface area contributed by atoms with Crippen molar-refractivity contribution in [1.29, 1.82) is 0 Å². The van der Waals surface area contributed by atoms with Crippen LogP contribution in [0.5, 0.6) is 0 Å². The van der Waals surface area contributed by atoms with Gasteiger partial charge in [0.25, 0.3) is 5.69 Å². The van der Waals surface area contributed by atoms with Crippen molar-refractivity contribution in [2.24, 2.45) is 0 Å². The summed E-state index contributed by atoms with van der Waals surface area (Å²) < 4.78 is 0. The van der Waals surface area contributed by atoms with E-state index in [4.69, 9.17) is 16.7 Å². The molecule has 0 aliphatic heterocycles. The van der Waals surface area contributed by atoms with Gasteiger partial charge in [0.2, 0.25) is 11.8 Å². The molecule has 1 aromatic rings. The van der Waals surface area contributed by atoms with E-state index in [0.29, 0.717) is 0 Å². The quantitative estimate of drug-likeness (QED) is 0.426. The minimum Gasteiger partial charge on any atom is -0.480 e. The van der Waals surface area contributed by atoms with E-state index in [0.717, 1.165) is 6.07 Å². The highest BCUT2D eigenvalue weighted by atomic mass is 35.5. The molecule has 0 aliphatic carbocycles. The predicted octanol–water partition coefficient (Wildman–Crippen LogP) is 1.10. The molecule has 0 saturated carbocycles. The number of nitrogens with one attached hydrogen (secondary N) is 2. The number of halogens is 1. The zero-order valence-electron chi connectivity index (χ0n) is 14.2. The maximum Gasteiger partial charge on any atom is 0.320 e. The molecule has 11 heteroatoms. The minimum atomic E-state index is -1.12. The maximum absolute atomic E-state index is 12.2. The third kappa shape index (κ3) is 6.65. The van der Waals surface area contributed by atoms with Crippen molar-refractivity contribution in [3.8, 4) is 0 Å². The van der Waals surface area contributed by atoms with Crippen LogP contribution in [-0.2, 0) is 14.4 Å². The van der Waals surface area contributed by atoms with Gasteiger partial charge in [0.1, 0.15) is 11.1 Å². The summed E-state index contributed by atoms with van der Waals surface area (Å²) in [6.07, 6.45) is 0. The van der Waals surface area contributed by atoms with Crippen LogP contribution in [0.15, 0.2) is 18.2 Å². The van der Waals surface area contributed by atoms with Gasteiger partial charge in [0.05, 0.1) is 11.5 Å². The van der Waals surface area contributed by atoms with Crippen molar-refractivity contribution in [3.63, 3.8) is 0 Å². The molecule has 1 atom stereocenters. The molecular formula is C15H19ClN4O6. The Hall–Kier alpha value is -2.72. The van der Waals surface area contributed by atoms with Gasteiger partial charge in [-0.15, -0.1) is 0 Å².